The zero-order valence-corrected chi connectivity index (χ0v) is 16.8. The first-order chi connectivity index (χ1) is 14.4. The fraction of sp³-hybridized carbons (Fsp3) is 0.182. The Balaban J connectivity index is 1.74. The van der Waals surface area contributed by atoms with Gasteiger partial charge in [0.15, 0.2) is 12.4 Å². The number of rotatable bonds is 8. The van der Waals surface area contributed by atoms with Gasteiger partial charge in [-0.1, -0.05) is 12.1 Å². The van der Waals surface area contributed by atoms with Gasteiger partial charge in [-0.2, -0.15) is 4.98 Å². The zero-order chi connectivity index (χ0) is 21.5. The van der Waals surface area contributed by atoms with Crippen molar-refractivity contribution in [1.82, 2.24) is 15.3 Å². The number of amides is 1. The van der Waals surface area contributed by atoms with Gasteiger partial charge in [-0.15, -0.1) is 0 Å². The summed E-state index contributed by atoms with van der Waals surface area (Å²) in [5, 5.41) is 10.2. The lowest BCUT2D eigenvalue weighted by Crippen LogP contribution is -2.34. The van der Waals surface area contributed by atoms with E-state index in [4.69, 9.17) is 20.6 Å². The van der Waals surface area contributed by atoms with Crippen molar-refractivity contribution in [3.63, 3.8) is 0 Å². The predicted octanol–water partition coefficient (Wildman–Crippen LogP) is 3.42. The van der Waals surface area contributed by atoms with Crippen LogP contribution in [0.2, 0.25) is 0 Å². The predicted molar refractivity (Wildman–Crippen MR) is 115 cm³/mol. The Bertz CT molecular complexity index is 1050. The Morgan fingerprint density at radius 2 is 2.03 bits per heavy atom. The Labute approximate surface area is 174 Å². The lowest BCUT2D eigenvalue weighted by Gasteiger charge is -2.11. The molecule has 0 saturated heterocycles. The average Bonchev–Trinajstić information content (AvgIpc) is 2.73. The molecule has 0 spiro atoms. The second kappa shape index (κ2) is 9.51. The number of nitrogens with one attached hydrogen (secondary N) is 2. The monoisotopic (exact) mass is 405 g/mol. The van der Waals surface area contributed by atoms with Crippen LogP contribution in [0.4, 0.5) is 5.69 Å². The van der Waals surface area contributed by atoms with Crippen LogP contribution < -0.4 is 20.5 Å². The molecule has 0 fully saturated rings. The number of hydrogen-bond acceptors (Lipinski definition) is 7. The number of nitrogen functional groups attached to an aromatic ring is 1. The number of aromatic nitrogens is 2. The number of nitrogens with zero attached hydrogens (tertiary/aromatic N) is 2. The van der Waals surface area contributed by atoms with Crippen LogP contribution in [0.25, 0.3) is 11.4 Å². The van der Waals surface area contributed by atoms with Gasteiger partial charge in [0, 0.05) is 41.3 Å². The quantitative estimate of drug-likeness (QED) is 0.390. The maximum absolute atomic E-state index is 11.8. The molecule has 30 heavy (non-hydrogen) atoms. The molecule has 8 nitrogen and oxygen atoms in total. The smallest absolute Gasteiger partial charge is 0.258 e. The van der Waals surface area contributed by atoms with E-state index in [-0.39, 0.29) is 18.6 Å². The van der Waals surface area contributed by atoms with E-state index in [2.05, 4.69) is 15.3 Å². The Morgan fingerprint density at radius 1 is 1.20 bits per heavy atom. The molecule has 4 N–H and O–H groups in total. The normalized spacial score (nSPS) is 10.5. The molecule has 0 aliphatic rings. The van der Waals surface area contributed by atoms with Gasteiger partial charge in [0.05, 0.1) is 0 Å². The van der Waals surface area contributed by atoms with Crippen LogP contribution in [0.5, 0.6) is 17.4 Å². The molecule has 1 heterocycles. The first-order valence-electron chi connectivity index (χ1n) is 9.38. The van der Waals surface area contributed by atoms with E-state index in [1.54, 1.807) is 48.7 Å². The third-order valence-electron chi connectivity index (χ3n) is 3.98. The summed E-state index contributed by atoms with van der Waals surface area (Å²) < 4.78 is 11.4. The molecule has 0 bridgehead atoms. The van der Waals surface area contributed by atoms with Gasteiger partial charge in [0.2, 0.25) is 5.88 Å². The number of ether oxygens (including phenoxy) is 2. The summed E-state index contributed by atoms with van der Waals surface area (Å²) in [5.74, 6) is 1.67. The van der Waals surface area contributed by atoms with Crippen molar-refractivity contribution in [1.29, 1.82) is 5.41 Å². The molecule has 8 heteroatoms. The van der Waals surface area contributed by atoms with E-state index in [0.29, 0.717) is 34.5 Å². The topological polar surface area (TPSA) is 123 Å². The van der Waals surface area contributed by atoms with E-state index in [0.717, 1.165) is 5.56 Å². The highest BCUT2D eigenvalue weighted by atomic mass is 16.5. The number of anilines is 1. The van der Waals surface area contributed by atoms with Crippen molar-refractivity contribution in [2.75, 3.05) is 12.3 Å². The van der Waals surface area contributed by atoms with Crippen LogP contribution in [0.15, 0.2) is 54.7 Å². The van der Waals surface area contributed by atoms with Gasteiger partial charge >= 0.3 is 0 Å². The van der Waals surface area contributed by atoms with Crippen LogP contribution in [-0.2, 0) is 4.79 Å². The Hall–Kier alpha value is -3.94. The Kier molecular flexibility index (Phi) is 6.59. The maximum atomic E-state index is 11.8. The van der Waals surface area contributed by atoms with Crippen LogP contribution in [-0.4, -0.2) is 34.7 Å². The molecule has 0 saturated carbocycles. The van der Waals surface area contributed by atoms with Gasteiger partial charge in [-0.3, -0.25) is 4.79 Å². The molecule has 2 aromatic carbocycles. The van der Waals surface area contributed by atoms with Gasteiger partial charge in [-0.05, 0) is 44.2 Å². The number of hydrogen-bond donors (Lipinski definition) is 3. The van der Waals surface area contributed by atoms with Gasteiger partial charge in [-0.25, -0.2) is 4.98 Å². The minimum Gasteiger partial charge on any atom is -0.484 e. The van der Waals surface area contributed by atoms with E-state index >= 15 is 0 Å². The summed E-state index contributed by atoms with van der Waals surface area (Å²) in [4.78, 5) is 20.5. The lowest BCUT2D eigenvalue weighted by atomic mass is 10.2. The molecule has 154 valence electrons. The highest BCUT2D eigenvalue weighted by Crippen LogP contribution is 2.26. The van der Waals surface area contributed by atoms with Crippen LogP contribution >= 0.6 is 0 Å². The van der Waals surface area contributed by atoms with Crippen molar-refractivity contribution >= 4 is 17.8 Å². The van der Waals surface area contributed by atoms with Crippen molar-refractivity contribution in [3.05, 3.63) is 60.3 Å². The second-order valence-electron chi connectivity index (χ2n) is 6.79. The van der Waals surface area contributed by atoms with Crippen molar-refractivity contribution in [3.8, 4) is 28.8 Å². The van der Waals surface area contributed by atoms with Crippen LogP contribution in [0.3, 0.4) is 0 Å². The third kappa shape index (κ3) is 5.54. The number of benzene rings is 2. The van der Waals surface area contributed by atoms with Crippen molar-refractivity contribution < 1.29 is 14.3 Å². The molecule has 0 aliphatic heterocycles. The standard InChI is InChI=1S/C22H23N5O3/c1-14(2)26-20(28)13-29-17-5-3-4-15(10-17)22-25-9-8-21(27-22)30-18-6-7-19(24)16(11-18)12-23/h3-12,14,23H,13,24H2,1-2H3,(H,26,28). The molecule has 0 radical (unpaired) electrons. The number of carbonyl (C=O) groups excluding carboxylic acids is 1. The minimum atomic E-state index is -0.185. The molecule has 0 atom stereocenters. The maximum Gasteiger partial charge on any atom is 0.258 e. The summed E-state index contributed by atoms with van der Waals surface area (Å²) in [6.07, 6.45) is 2.76. The number of nitrogens with two attached hydrogens (primary N) is 1. The molecular weight excluding hydrogens is 382 g/mol. The largest absolute Gasteiger partial charge is 0.484 e. The Morgan fingerprint density at radius 3 is 2.80 bits per heavy atom. The van der Waals surface area contributed by atoms with Crippen molar-refractivity contribution in [2.45, 2.75) is 19.9 Å². The molecule has 1 amide bonds. The summed E-state index contributed by atoms with van der Waals surface area (Å²) >= 11 is 0. The summed E-state index contributed by atoms with van der Waals surface area (Å²) in [6, 6.07) is 13.9. The average molecular weight is 405 g/mol. The van der Waals surface area contributed by atoms with Gasteiger partial charge < -0.3 is 25.9 Å². The zero-order valence-electron chi connectivity index (χ0n) is 16.8. The first kappa shape index (κ1) is 20.8. The fourth-order valence-corrected chi connectivity index (χ4v) is 2.64. The van der Waals surface area contributed by atoms with E-state index in [1.165, 1.54) is 6.21 Å². The second-order valence-corrected chi connectivity index (χ2v) is 6.79. The summed E-state index contributed by atoms with van der Waals surface area (Å²) in [5.41, 5.74) is 7.59. The van der Waals surface area contributed by atoms with Crippen LogP contribution in [0, 0.1) is 5.41 Å². The first-order valence-corrected chi connectivity index (χ1v) is 9.38. The van der Waals surface area contributed by atoms with E-state index in [9.17, 15) is 4.79 Å². The molecule has 3 aromatic rings. The SMILES string of the molecule is CC(C)NC(=O)COc1cccc(-c2nccc(Oc3ccc(N)c(C=N)c3)n2)c1. The van der Waals surface area contributed by atoms with Gasteiger partial charge in [0.25, 0.3) is 5.91 Å². The van der Waals surface area contributed by atoms with Crippen LogP contribution in [0.1, 0.15) is 19.4 Å². The highest BCUT2D eigenvalue weighted by Gasteiger charge is 2.09. The summed E-state index contributed by atoms with van der Waals surface area (Å²) in [7, 11) is 0. The van der Waals surface area contributed by atoms with Gasteiger partial charge in [0.1, 0.15) is 11.5 Å². The molecule has 1 aromatic heterocycles. The summed E-state index contributed by atoms with van der Waals surface area (Å²) in [6.45, 7) is 3.71. The highest BCUT2D eigenvalue weighted by molar-refractivity contribution is 5.85. The fourth-order valence-electron chi connectivity index (χ4n) is 2.64. The van der Waals surface area contributed by atoms with E-state index in [1.807, 2.05) is 19.9 Å². The van der Waals surface area contributed by atoms with E-state index < -0.39 is 0 Å². The number of carbonyl (C=O) groups is 1. The van der Waals surface area contributed by atoms with Crippen molar-refractivity contribution in [2.24, 2.45) is 0 Å². The minimum absolute atomic E-state index is 0.0553. The lowest BCUT2D eigenvalue weighted by molar-refractivity contribution is -0.123. The molecule has 0 unspecified atom stereocenters. The molecule has 0 aliphatic carbocycles. The molecular formula is C22H23N5O3. The third-order valence-corrected chi connectivity index (χ3v) is 3.98. The molecule has 3 rings (SSSR count).